The Kier molecular flexibility index (Phi) is 1.88. The summed E-state index contributed by atoms with van der Waals surface area (Å²) in [7, 11) is -9.74. The highest BCUT2D eigenvalue weighted by Gasteiger charge is 2.66. The third kappa shape index (κ3) is 2.14. The minimum Gasteiger partial charge on any atom is -0.507 e. The number of phenolic OH excluding ortho intramolecular Hbond substituents is 1. The van der Waals surface area contributed by atoms with Crippen LogP contribution in [0.25, 0.3) is 10.8 Å². The van der Waals surface area contributed by atoms with Gasteiger partial charge in [0, 0.05) is 10.8 Å². The summed E-state index contributed by atoms with van der Waals surface area (Å²) < 4.78 is 63.6. The summed E-state index contributed by atoms with van der Waals surface area (Å²) >= 11 is 0. The first-order valence-corrected chi connectivity index (χ1v) is 6.39. The molecule has 1 nitrogen and oxygen atoms in total. The van der Waals surface area contributed by atoms with Crippen LogP contribution in [0.3, 0.4) is 0 Å². The van der Waals surface area contributed by atoms with Crippen LogP contribution in [-0.4, -0.2) is 5.11 Å². The molecular weight excluding hydrogens is 263 g/mol. The summed E-state index contributed by atoms with van der Waals surface area (Å²) in [5.74, 6) is -0.466. The van der Waals surface area contributed by atoms with Crippen molar-refractivity contribution in [3.63, 3.8) is 0 Å². The fourth-order valence-electron chi connectivity index (χ4n) is 1.60. The van der Waals surface area contributed by atoms with Crippen molar-refractivity contribution in [1.29, 1.82) is 0 Å². The van der Waals surface area contributed by atoms with Gasteiger partial charge in [-0.1, -0.05) is 43.7 Å². The Morgan fingerprint density at radius 3 is 1.88 bits per heavy atom. The first-order chi connectivity index (χ1) is 7.49. The summed E-state index contributed by atoms with van der Waals surface area (Å²) in [5.41, 5.74) is 0. The molecule has 0 spiro atoms. The number of halogens is 5. The van der Waals surface area contributed by atoms with E-state index >= 15 is 0 Å². The number of hydrogen-bond donors (Lipinski definition) is 1. The van der Waals surface area contributed by atoms with Gasteiger partial charge in [0.1, 0.15) is 10.6 Å². The maximum atomic E-state index is 12.7. The Labute approximate surface area is 93.2 Å². The molecule has 0 aromatic heterocycles. The molecule has 0 saturated carbocycles. The Hall–Kier alpha value is -1.50. The lowest BCUT2D eigenvalue weighted by molar-refractivity contribution is 0.365. The van der Waals surface area contributed by atoms with Gasteiger partial charge in [-0.25, -0.2) is 0 Å². The maximum absolute atomic E-state index is 12.7. The number of hydrogen-bond acceptors (Lipinski definition) is 1. The van der Waals surface area contributed by atoms with Crippen LogP contribution in [0.2, 0.25) is 0 Å². The van der Waals surface area contributed by atoms with E-state index in [1.165, 1.54) is 0 Å². The van der Waals surface area contributed by atoms with Gasteiger partial charge in [0.15, 0.2) is 0 Å². The largest absolute Gasteiger partial charge is 0.507 e. The van der Waals surface area contributed by atoms with Crippen molar-refractivity contribution in [2.24, 2.45) is 0 Å². The predicted octanol–water partition coefficient (Wildman–Crippen LogP) is 5.20. The standard InChI is InChI=1S/C10H7F5OS/c11-17(12,13,14,15)10-6-2-3-7-8(10)4-1-5-9(7)16/h1-6,16H. The van der Waals surface area contributed by atoms with Gasteiger partial charge in [0.2, 0.25) is 0 Å². The lowest BCUT2D eigenvalue weighted by atomic mass is 10.1. The maximum Gasteiger partial charge on any atom is 0.311 e. The van der Waals surface area contributed by atoms with Crippen molar-refractivity contribution in [2.45, 2.75) is 4.90 Å². The topological polar surface area (TPSA) is 20.2 Å². The van der Waals surface area contributed by atoms with Crippen LogP contribution in [0.5, 0.6) is 5.75 Å². The van der Waals surface area contributed by atoms with Gasteiger partial charge < -0.3 is 5.11 Å². The van der Waals surface area contributed by atoms with Crippen molar-refractivity contribution >= 4 is 21.0 Å². The quantitative estimate of drug-likeness (QED) is 0.706. The number of fused-ring (bicyclic) bond motifs is 1. The summed E-state index contributed by atoms with van der Waals surface area (Å²) in [6.45, 7) is 0. The molecule has 0 atom stereocenters. The summed E-state index contributed by atoms with van der Waals surface area (Å²) in [6, 6.07) is 5.45. The van der Waals surface area contributed by atoms with Crippen molar-refractivity contribution < 1.29 is 24.5 Å². The van der Waals surface area contributed by atoms with Crippen LogP contribution < -0.4 is 0 Å². The van der Waals surface area contributed by atoms with E-state index in [1.807, 2.05) is 0 Å². The van der Waals surface area contributed by atoms with Crippen LogP contribution in [0, 0.1) is 0 Å². The highest BCUT2D eigenvalue weighted by molar-refractivity contribution is 8.46. The second-order valence-electron chi connectivity index (χ2n) is 3.60. The fraction of sp³-hybridized carbons (Fsp3) is 0. The number of benzene rings is 2. The molecule has 0 bridgehead atoms. The molecule has 0 heterocycles. The minimum atomic E-state index is -9.74. The van der Waals surface area contributed by atoms with Gasteiger partial charge in [-0.3, -0.25) is 0 Å². The Morgan fingerprint density at radius 1 is 0.765 bits per heavy atom. The molecule has 17 heavy (non-hydrogen) atoms. The Balaban J connectivity index is 2.97. The van der Waals surface area contributed by atoms with Gasteiger partial charge in [-0.05, 0) is 12.1 Å². The molecule has 94 valence electrons. The SMILES string of the molecule is Oc1cccc2c(S(F)(F)(F)(F)F)cccc12. The first-order valence-electron chi connectivity index (χ1n) is 4.44. The average molecular weight is 270 g/mol. The molecule has 0 aliphatic rings. The molecule has 0 saturated heterocycles. The molecule has 0 radical (unpaired) electrons. The zero-order valence-electron chi connectivity index (χ0n) is 8.21. The Morgan fingerprint density at radius 2 is 1.29 bits per heavy atom. The molecule has 1 N–H and O–H groups in total. The summed E-state index contributed by atoms with van der Waals surface area (Å²) in [6.07, 6.45) is 0. The van der Waals surface area contributed by atoms with Crippen LogP contribution in [0.1, 0.15) is 0 Å². The van der Waals surface area contributed by atoms with E-state index in [4.69, 9.17) is 0 Å². The van der Waals surface area contributed by atoms with Crippen molar-refractivity contribution in [3.05, 3.63) is 36.4 Å². The van der Waals surface area contributed by atoms with Crippen LogP contribution in [-0.2, 0) is 0 Å². The van der Waals surface area contributed by atoms with E-state index in [0.717, 1.165) is 30.3 Å². The molecule has 2 aromatic rings. The molecule has 0 amide bonds. The van der Waals surface area contributed by atoms with E-state index in [2.05, 4.69) is 0 Å². The summed E-state index contributed by atoms with van der Waals surface area (Å²) in [4.78, 5) is -1.97. The molecule has 0 aliphatic heterocycles. The van der Waals surface area contributed by atoms with Gasteiger partial charge in [0.05, 0.1) is 0 Å². The average Bonchev–Trinajstić information content (AvgIpc) is 2.14. The predicted molar refractivity (Wildman–Crippen MR) is 57.0 cm³/mol. The zero-order chi connectivity index (χ0) is 13.0. The van der Waals surface area contributed by atoms with E-state index in [1.54, 1.807) is 0 Å². The highest BCUT2D eigenvalue weighted by Crippen LogP contribution is 3.02. The smallest absolute Gasteiger partial charge is 0.311 e. The molecular formula is C10H7F5OS. The van der Waals surface area contributed by atoms with Gasteiger partial charge in [0.25, 0.3) is 0 Å². The van der Waals surface area contributed by atoms with Gasteiger partial charge in [-0.15, -0.1) is 0 Å². The van der Waals surface area contributed by atoms with Crippen molar-refractivity contribution in [2.75, 3.05) is 0 Å². The minimum absolute atomic E-state index is 0.252. The molecule has 2 rings (SSSR count). The van der Waals surface area contributed by atoms with Crippen LogP contribution in [0.15, 0.2) is 41.3 Å². The number of phenols is 1. The number of aromatic hydroxyl groups is 1. The van der Waals surface area contributed by atoms with E-state index < -0.39 is 26.3 Å². The third-order valence-corrected chi connectivity index (χ3v) is 3.46. The molecule has 7 heteroatoms. The van der Waals surface area contributed by atoms with Crippen LogP contribution >= 0.6 is 10.2 Å². The zero-order valence-corrected chi connectivity index (χ0v) is 9.03. The van der Waals surface area contributed by atoms with E-state index in [9.17, 15) is 24.5 Å². The lowest BCUT2D eigenvalue weighted by Crippen LogP contribution is -2.06. The first kappa shape index (κ1) is 12.0. The van der Waals surface area contributed by atoms with E-state index in [0.29, 0.717) is 6.07 Å². The normalized spacial score (nSPS) is 16.5. The highest BCUT2D eigenvalue weighted by atomic mass is 32.5. The molecule has 0 unspecified atom stereocenters. The molecule has 0 aliphatic carbocycles. The second-order valence-corrected chi connectivity index (χ2v) is 5.98. The second kappa shape index (κ2) is 2.66. The summed E-state index contributed by atoms with van der Waals surface area (Å²) in [5, 5.41) is 8.38. The van der Waals surface area contributed by atoms with Crippen molar-refractivity contribution in [1.82, 2.24) is 0 Å². The Bertz CT molecular complexity index is 605. The van der Waals surface area contributed by atoms with Crippen molar-refractivity contribution in [3.8, 4) is 5.75 Å². The van der Waals surface area contributed by atoms with E-state index in [-0.39, 0.29) is 5.39 Å². The number of rotatable bonds is 1. The molecule has 2 aromatic carbocycles. The van der Waals surface area contributed by atoms with Crippen LogP contribution in [0.4, 0.5) is 19.4 Å². The fourth-order valence-corrected chi connectivity index (χ4v) is 2.53. The third-order valence-electron chi connectivity index (χ3n) is 2.27. The monoisotopic (exact) mass is 270 g/mol. The molecule has 0 fully saturated rings. The van der Waals surface area contributed by atoms with Gasteiger partial charge >= 0.3 is 10.2 Å². The van der Waals surface area contributed by atoms with Gasteiger partial charge in [-0.2, -0.15) is 0 Å². The lowest BCUT2D eigenvalue weighted by Gasteiger charge is -2.41.